The van der Waals surface area contributed by atoms with Gasteiger partial charge in [0.05, 0.1) is 11.7 Å². The van der Waals surface area contributed by atoms with Gasteiger partial charge in [-0.15, -0.1) is 0 Å². The van der Waals surface area contributed by atoms with E-state index in [0.29, 0.717) is 11.5 Å². The monoisotopic (exact) mass is 140 g/mol. The Kier molecular flexibility index (Phi) is 1.05. The molecule has 0 aliphatic carbocycles. The second-order valence-corrected chi connectivity index (χ2v) is 4.76. The summed E-state index contributed by atoms with van der Waals surface area (Å²) < 4.78 is 5.88. The first-order valence-corrected chi connectivity index (χ1v) is 4.20. The van der Waals surface area contributed by atoms with Crippen molar-refractivity contribution in [3.63, 3.8) is 0 Å². The number of hydrogen-bond donors (Lipinski definition) is 0. The fraction of sp³-hybridized carbons (Fsp3) is 1.00. The molecule has 1 nitrogen and oxygen atoms in total. The third-order valence-corrected chi connectivity index (χ3v) is 3.06. The van der Waals surface area contributed by atoms with Crippen LogP contribution < -0.4 is 0 Å². The summed E-state index contributed by atoms with van der Waals surface area (Å²) in [6, 6.07) is 0. The van der Waals surface area contributed by atoms with E-state index >= 15 is 0 Å². The van der Waals surface area contributed by atoms with Crippen molar-refractivity contribution in [1.82, 2.24) is 0 Å². The maximum absolute atomic E-state index is 5.88. The lowest BCUT2D eigenvalue weighted by molar-refractivity contribution is 0.0182. The minimum Gasteiger partial charge on any atom is -0.371 e. The van der Waals surface area contributed by atoms with Crippen LogP contribution in [0.15, 0.2) is 0 Å². The number of hydrogen-bond acceptors (Lipinski definition) is 1. The molecule has 0 aromatic rings. The lowest BCUT2D eigenvalue weighted by atomic mass is 9.73. The molecule has 2 rings (SSSR count). The molecule has 2 aliphatic heterocycles. The van der Waals surface area contributed by atoms with Gasteiger partial charge in [-0.1, -0.05) is 13.8 Å². The summed E-state index contributed by atoms with van der Waals surface area (Å²) >= 11 is 0. The quantitative estimate of drug-likeness (QED) is 0.502. The molecule has 0 saturated carbocycles. The highest BCUT2D eigenvalue weighted by Crippen LogP contribution is 2.53. The van der Waals surface area contributed by atoms with Gasteiger partial charge in [-0.25, -0.2) is 0 Å². The zero-order valence-electron chi connectivity index (χ0n) is 7.11. The molecule has 0 amide bonds. The molecular weight excluding hydrogens is 124 g/mol. The van der Waals surface area contributed by atoms with Crippen molar-refractivity contribution in [2.75, 3.05) is 0 Å². The molecule has 0 aromatic heterocycles. The van der Waals surface area contributed by atoms with E-state index in [1.54, 1.807) is 0 Å². The fourth-order valence-electron chi connectivity index (χ4n) is 2.66. The van der Waals surface area contributed by atoms with E-state index in [-0.39, 0.29) is 5.60 Å². The van der Waals surface area contributed by atoms with Crippen molar-refractivity contribution < 1.29 is 4.74 Å². The summed E-state index contributed by atoms with van der Waals surface area (Å²) in [7, 11) is 0. The van der Waals surface area contributed by atoms with E-state index in [1.807, 2.05) is 0 Å². The van der Waals surface area contributed by atoms with E-state index in [1.165, 1.54) is 19.3 Å². The topological polar surface area (TPSA) is 9.23 Å². The van der Waals surface area contributed by atoms with Gasteiger partial charge >= 0.3 is 0 Å². The fourth-order valence-corrected chi connectivity index (χ4v) is 2.66. The minimum absolute atomic E-state index is 0.244. The van der Waals surface area contributed by atoms with Crippen LogP contribution in [0.2, 0.25) is 0 Å². The highest BCUT2D eigenvalue weighted by molar-refractivity contribution is 5.02. The lowest BCUT2D eigenvalue weighted by Gasteiger charge is -2.28. The van der Waals surface area contributed by atoms with Crippen LogP contribution in [0.1, 0.15) is 40.0 Å². The van der Waals surface area contributed by atoms with Gasteiger partial charge in [-0.2, -0.15) is 0 Å². The van der Waals surface area contributed by atoms with Gasteiger partial charge in [0.2, 0.25) is 0 Å². The average molecular weight is 140 g/mol. The molecule has 2 bridgehead atoms. The molecule has 58 valence electrons. The van der Waals surface area contributed by atoms with Gasteiger partial charge < -0.3 is 4.74 Å². The second kappa shape index (κ2) is 1.58. The zero-order chi connectivity index (χ0) is 7.41. The average Bonchev–Trinajstić information content (AvgIpc) is 2.16. The predicted octanol–water partition coefficient (Wildman–Crippen LogP) is 2.35. The maximum atomic E-state index is 5.88. The summed E-state index contributed by atoms with van der Waals surface area (Å²) in [5.41, 5.74) is 0.696. The van der Waals surface area contributed by atoms with Crippen LogP contribution in [-0.4, -0.2) is 11.7 Å². The van der Waals surface area contributed by atoms with Crippen LogP contribution >= 0.6 is 0 Å². The van der Waals surface area contributed by atoms with Crippen molar-refractivity contribution in [1.29, 1.82) is 0 Å². The van der Waals surface area contributed by atoms with E-state index in [2.05, 4.69) is 20.8 Å². The van der Waals surface area contributed by atoms with Gasteiger partial charge in [0, 0.05) is 0 Å². The minimum atomic E-state index is 0.244. The molecule has 2 aliphatic rings. The highest BCUT2D eigenvalue weighted by Gasteiger charge is 2.52. The van der Waals surface area contributed by atoms with Crippen molar-refractivity contribution in [2.24, 2.45) is 5.41 Å². The van der Waals surface area contributed by atoms with Crippen molar-refractivity contribution >= 4 is 0 Å². The number of rotatable bonds is 0. The van der Waals surface area contributed by atoms with Crippen LogP contribution in [0.3, 0.4) is 0 Å². The third kappa shape index (κ3) is 0.731. The number of ether oxygens (including phenoxy) is 1. The second-order valence-electron chi connectivity index (χ2n) is 4.76. The molecule has 0 N–H and O–H groups in total. The summed E-state index contributed by atoms with van der Waals surface area (Å²) in [4.78, 5) is 0. The maximum Gasteiger partial charge on any atom is 0.0665 e. The van der Waals surface area contributed by atoms with Crippen molar-refractivity contribution in [2.45, 2.75) is 51.7 Å². The molecule has 2 saturated heterocycles. The zero-order valence-corrected chi connectivity index (χ0v) is 7.11. The van der Waals surface area contributed by atoms with Gasteiger partial charge in [0.15, 0.2) is 0 Å². The predicted molar refractivity (Wildman–Crippen MR) is 40.9 cm³/mol. The Morgan fingerprint density at radius 3 is 2.20 bits per heavy atom. The molecule has 2 atom stereocenters. The Bertz CT molecular complexity index is 159. The molecule has 2 fully saturated rings. The first kappa shape index (κ1) is 6.66. The molecule has 0 radical (unpaired) electrons. The third-order valence-electron chi connectivity index (χ3n) is 3.06. The van der Waals surface area contributed by atoms with E-state index in [4.69, 9.17) is 4.74 Å². The SMILES string of the molecule is CC1(C)C[C@@]2(C)CC[C@@H]1O2. The van der Waals surface area contributed by atoms with Crippen molar-refractivity contribution in [3.05, 3.63) is 0 Å². The van der Waals surface area contributed by atoms with Gasteiger partial charge in [0.1, 0.15) is 0 Å². The normalized spacial score (nSPS) is 50.1. The summed E-state index contributed by atoms with van der Waals surface area (Å²) in [6.07, 6.45) is 4.37. The molecule has 1 heteroatoms. The molecule has 0 spiro atoms. The molecule has 10 heavy (non-hydrogen) atoms. The molecule has 2 heterocycles. The van der Waals surface area contributed by atoms with E-state index in [9.17, 15) is 0 Å². The summed E-state index contributed by atoms with van der Waals surface area (Å²) in [5.74, 6) is 0. The summed E-state index contributed by atoms with van der Waals surface area (Å²) in [6.45, 7) is 6.89. The Balaban J connectivity index is 2.25. The van der Waals surface area contributed by atoms with Gasteiger partial charge in [0.25, 0.3) is 0 Å². The number of fused-ring (bicyclic) bond motifs is 2. The van der Waals surface area contributed by atoms with E-state index in [0.717, 1.165) is 0 Å². The Morgan fingerprint density at radius 2 is 2.00 bits per heavy atom. The van der Waals surface area contributed by atoms with Crippen LogP contribution in [-0.2, 0) is 4.74 Å². The molecule has 0 aromatic carbocycles. The van der Waals surface area contributed by atoms with Crippen LogP contribution in [0.4, 0.5) is 0 Å². The van der Waals surface area contributed by atoms with Crippen LogP contribution in [0, 0.1) is 5.41 Å². The lowest BCUT2D eigenvalue weighted by Crippen LogP contribution is -2.28. The Morgan fingerprint density at radius 1 is 1.30 bits per heavy atom. The first-order chi connectivity index (χ1) is 4.52. The van der Waals surface area contributed by atoms with Crippen LogP contribution in [0.25, 0.3) is 0 Å². The van der Waals surface area contributed by atoms with E-state index < -0.39 is 0 Å². The van der Waals surface area contributed by atoms with Gasteiger partial charge in [-0.05, 0) is 31.6 Å². The standard InChI is InChI=1S/C9H16O/c1-8(2)6-9(3)5-4-7(8)10-9/h7H,4-6H2,1-3H3/t7-,9+/m0/s1. The molecule has 0 unspecified atom stereocenters. The first-order valence-electron chi connectivity index (χ1n) is 4.20. The Labute approximate surface area is 62.8 Å². The Hall–Kier alpha value is -0.0400. The summed E-state index contributed by atoms with van der Waals surface area (Å²) in [5, 5.41) is 0. The van der Waals surface area contributed by atoms with Crippen LogP contribution in [0.5, 0.6) is 0 Å². The smallest absolute Gasteiger partial charge is 0.0665 e. The largest absolute Gasteiger partial charge is 0.371 e. The highest BCUT2D eigenvalue weighted by atomic mass is 16.5. The van der Waals surface area contributed by atoms with Gasteiger partial charge in [-0.3, -0.25) is 0 Å². The van der Waals surface area contributed by atoms with Crippen molar-refractivity contribution in [3.8, 4) is 0 Å². The molecular formula is C9H16O.